The maximum absolute atomic E-state index is 12.3. The van der Waals surface area contributed by atoms with E-state index in [0.717, 1.165) is 5.56 Å². The molecule has 2 rings (SSSR count). The first-order valence-electron chi connectivity index (χ1n) is 7.99. The molecule has 26 heavy (non-hydrogen) atoms. The largest absolute Gasteiger partial charge is 0.546 e. The number of ketones is 1. The van der Waals surface area contributed by atoms with Gasteiger partial charge in [0.25, 0.3) is 0 Å². The third-order valence-corrected chi connectivity index (χ3v) is 3.39. The van der Waals surface area contributed by atoms with Crippen LogP contribution in [0.2, 0.25) is 0 Å². The van der Waals surface area contributed by atoms with E-state index < -0.39 is 12.6 Å². The zero-order valence-electron chi connectivity index (χ0n) is 14.6. The molecule has 0 aliphatic heterocycles. The van der Waals surface area contributed by atoms with Crippen molar-refractivity contribution in [2.24, 2.45) is 0 Å². The molecule has 0 unspecified atom stereocenters. The number of aliphatic carboxylic acids is 1. The normalized spacial score (nSPS) is 10.5. The van der Waals surface area contributed by atoms with Crippen molar-refractivity contribution in [2.75, 3.05) is 20.3 Å². The van der Waals surface area contributed by atoms with Gasteiger partial charge in [0.15, 0.2) is 17.3 Å². The number of hydrogen-bond donors (Lipinski definition) is 0. The average Bonchev–Trinajstić information content (AvgIpc) is 2.65. The van der Waals surface area contributed by atoms with Crippen LogP contribution in [-0.2, 0) is 4.79 Å². The summed E-state index contributed by atoms with van der Waals surface area (Å²) in [6.45, 7) is 1.84. The second kappa shape index (κ2) is 9.27. The topological polar surface area (TPSA) is 84.9 Å². The summed E-state index contributed by atoms with van der Waals surface area (Å²) in [4.78, 5) is 22.7. The van der Waals surface area contributed by atoms with Gasteiger partial charge in [0.05, 0.1) is 19.7 Å². The Hall–Kier alpha value is -3.28. The maximum atomic E-state index is 12.3. The van der Waals surface area contributed by atoms with Gasteiger partial charge in [-0.1, -0.05) is 24.3 Å². The summed E-state index contributed by atoms with van der Waals surface area (Å²) in [5.74, 6) is -0.0608. The zero-order chi connectivity index (χ0) is 18.9. The molecule has 0 amide bonds. The van der Waals surface area contributed by atoms with Crippen molar-refractivity contribution in [2.45, 2.75) is 6.92 Å². The van der Waals surface area contributed by atoms with Gasteiger partial charge in [-0.3, -0.25) is 4.79 Å². The van der Waals surface area contributed by atoms with Gasteiger partial charge >= 0.3 is 0 Å². The van der Waals surface area contributed by atoms with Gasteiger partial charge in [-0.05, 0) is 42.8 Å². The van der Waals surface area contributed by atoms with E-state index in [4.69, 9.17) is 14.2 Å². The fraction of sp³-hybridized carbons (Fsp3) is 0.200. The second-order valence-electron chi connectivity index (χ2n) is 5.23. The van der Waals surface area contributed by atoms with Crippen LogP contribution in [0.15, 0.2) is 48.5 Å². The number of benzene rings is 2. The van der Waals surface area contributed by atoms with Crippen LogP contribution in [0.4, 0.5) is 0 Å². The van der Waals surface area contributed by atoms with E-state index in [-0.39, 0.29) is 11.5 Å². The van der Waals surface area contributed by atoms with Crippen LogP contribution in [0.3, 0.4) is 0 Å². The number of ether oxygens (including phenoxy) is 3. The van der Waals surface area contributed by atoms with Crippen molar-refractivity contribution in [1.82, 2.24) is 0 Å². The standard InChI is InChI=1S/C20H20O6/c1-3-25-18-10-8-14(11-19(18)24-2)7-9-17(21)15-5-4-6-16(12-15)26-13-20(22)23/h4-12H,3,13H2,1-2H3,(H,22,23)/p-1/b9-7+. The molecule has 0 heterocycles. The Labute approximate surface area is 151 Å². The van der Waals surface area contributed by atoms with E-state index in [1.165, 1.54) is 12.1 Å². The Balaban J connectivity index is 2.11. The Bertz CT molecular complexity index is 810. The molecule has 2 aromatic rings. The van der Waals surface area contributed by atoms with Crippen LogP contribution in [0, 0.1) is 0 Å². The molecule has 0 saturated heterocycles. The Kier molecular flexibility index (Phi) is 6.79. The highest BCUT2D eigenvalue weighted by Crippen LogP contribution is 2.28. The second-order valence-corrected chi connectivity index (χ2v) is 5.23. The van der Waals surface area contributed by atoms with E-state index in [2.05, 4.69) is 0 Å². The van der Waals surface area contributed by atoms with Gasteiger partial charge in [-0.15, -0.1) is 0 Å². The van der Waals surface area contributed by atoms with Crippen molar-refractivity contribution < 1.29 is 28.9 Å². The molecule has 0 atom stereocenters. The monoisotopic (exact) mass is 355 g/mol. The zero-order valence-corrected chi connectivity index (χ0v) is 14.6. The quantitative estimate of drug-likeness (QED) is 0.506. The first-order chi connectivity index (χ1) is 12.5. The number of methoxy groups -OCH3 is 1. The minimum Gasteiger partial charge on any atom is -0.546 e. The molecule has 0 aliphatic carbocycles. The SMILES string of the molecule is CCOc1ccc(/C=C/C(=O)c2cccc(OCC(=O)[O-])c2)cc1OC. The van der Waals surface area contributed by atoms with Crippen LogP contribution in [0.5, 0.6) is 17.2 Å². The molecular formula is C20H19O6-. The van der Waals surface area contributed by atoms with Crippen molar-refractivity contribution in [3.63, 3.8) is 0 Å². The third kappa shape index (κ3) is 5.37. The molecule has 136 valence electrons. The lowest BCUT2D eigenvalue weighted by atomic mass is 10.1. The van der Waals surface area contributed by atoms with Crippen LogP contribution >= 0.6 is 0 Å². The molecule has 0 aliphatic rings. The van der Waals surface area contributed by atoms with Crippen molar-refractivity contribution in [3.05, 3.63) is 59.7 Å². The average molecular weight is 355 g/mol. The van der Waals surface area contributed by atoms with Gasteiger partial charge in [0.2, 0.25) is 0 Å². The lowest BCUT2D eigenvalue weighted by Crippen LogP contribution is -2.28. The number of carbonyl (C=O) groups is 2. The van der Waals surface area contributed by atoms with E-state index in [1.54, 1.807) is 43.5 Å². The highest BCUT2D eigenvalue weighted by molar-refractivity contribution is 6.07. The van der Waals surface area contributed by atoms with Crippen molar-refractivity contribution in [1.29, 1.82) is 0 Å². The smallest absolute Gasteiger partial charge is 0.185 e. The van der Waals surface area contributed by atoms with E-state index in [0.29, 0.717) is 23.7 Å². The van der Waals surface area contributed by atoms with Crippen LogP contribution in [-0.4, -0.2) is 32.1 Å². The maximum Gasteiger partial charge on any atom is 0.185 e. The highest BCUT2D eigenvalue weighted by Gasteiger charge is 2.06. The molecule has 0 radical (unpaired) electrons. The predicted molar refractivity (Wildman–Crippen MR) is 94.5 cm³/mol. The van der Waals surface area contributed by atoms with Gasteiger partial charge in [0, 0.05) is 5.56 Å². The molecule has 0 bridgehead atoms. The summed E-state index contributed by atoms with van der Waals surface area (Å²) >= 11 is 0. The summed E-state index contributed by atoms with van der Waals surface area (Å²) in [5.41, 5.74) is 1.16. The minimum absolute atomic E-state index is 0.239. The lowest BCUT2D eigenvalue weighted by Gasteiger charge is -2.09. The van der Waals surface area contributed by atoms with Gasteiger partial charge in [0.1, 0.15) is 12.4 Å². The van der Waals surface area contributed by atoms with Crippen molar-refractivity contribution in [3.8, 4) is 17.2 Å². The fourth-order valence-electron chi connectivity index (χ4n) is 2.21. The van der Waals surface area contributed by atoms with Gasteiger partial charge in [-0.25, -0.2) is 0 Å². The molecule has 0 fully saturated rings. The highest BCUT2D eigenvalue weighted by atomic mass is 16.5. The Morgan fingerprint density at radius 2 is 1.88 bits per heavy atom. The van der Waals surface area contributed by atoms with Gasteiger partial charge < -0.3 is 24.1 Å². The minimum atomic E-state index is -1.33. The number of carbonyl (C=O) groups excluding carboxylic acids is 2. The van der Waals surface area contributed by atoms with E-state index in [9.17, 15) is 14.7 Å². The predicted octanol–water partition coefficient (Wildman–Crippen LogP) is 2.12. The molecule has 2 aromatic carbocycles. The van der Waals surface area contributed by atoms with Crippen LogP contribution in [0.25, 0.3) is 6.08 Å². The van der Waals surface area contributed by atoms with E-state index >= 15 is 0 Å². The number of carboxylic acids is 1. The van der Waals surface area contributed by atoms with Gasteiger partial charge in [-0.2, -0.15) is 0 Å². The number of carboxylic acid groups (broad SMARTS) is 1. The molecule has 0 spiro atoms. The third-order valence-electron chi connectivity index (χ3n) is 3.39. The molecule has 0 N–H and O–H groups in total. The molecule has 0 saturated carbocycles. The summed E-state index contributed by atoms with van der Waals surface area (Å²) in [5, 5.41) is 10.4. The van der Waals surface area contributed by atoms with E-state index in [1.807, 2.05) is 13.0 Å². The molecule has 0 aromatic heterocycles. The number of rotatable bonds is 9. The summed E-state index contributed by atoms with van der Waals surface area (Å²) in [7, 11) is 1.55. The summed E-state index contributed by atoms with van der Waals surface area (Å²) in [6, 6.07) is 11.7. The number of allylic oxidation sites excluding steroid dienone is 1. The number of hydrogen-bond acceptors (Lipinski definition) is 6. The Morgan fingerprint density at radius 1 is 1.08 bits per heavy atom. The molecule has 6 heteroatoms. The van der Waals surface area contributed by atoms with Crippen LogP contribution < -0.4 is 19.3 Å². The summed E-state index contributed by atoms with van der Waals surface area (Å²) < 4.78 is 15.8. The lowest BCUT2D eigenvalue weighted by molar-refractivity contribution is -0.307. The molecule has 6 nitrogen and oxygen atoms in total. The first kappa shape index (κ1) is 19.1. The van der Waals surface area contributed by atoms with Crippen LogP contribution in [0.1, 0.15) is 22.8 Å². The fourth-order valence-corrected chi connectivity index (χ4v) is 2.21. The summed E-state index contributed by atoms with van der Waals surface area (Å²) in [6.07, 6.45) is 3.09. The van der Waals surface area contributed by atoms with Crippen molar-refractivity contribution >= 4 is 17.8 Å². The Morgan fingerprint density at radius 3 is 2.58 bits per heavy atom. The first-order valence-corrected chi connectivity index (χ1v) is 7.99. The molecular weight excluding hydrogens is 336 g/mol.